The number of nitrogens with one attached hydrogen (secondary N) is 1. The van der Waals surface area contributed by atoms with E-state index in [1.54, 1.807) is 23.1 Å². The molecule has 8 heteroatoms. The standard InChI is InChI=1S/C29H31Cl3N2O2S/c1-20(2)16-33-29(36)27(14-21-8-4-3-5-9-21)34(17-22-12-13-24(30)15-26(22)32)28(35)19-37-18-23-10-6-7-11-25(23)31/h3-13,15,20,27H,14,16-19H2,1-2H3,(H,33,36)/t27-/m0/s1. The molecule has 3 aromatic carbocycles. The van der Waals surface area contributed by atoms with Crippen LogP contribution in [0.15, 0.2) is 72.8 Å². The zero-order valence-corrected chi connectivity index (χ0v) is 24.0. The molecule has 3 rings (SSSR count). The molecule has 0 saturated heterocycles. The highest BCUT2D eigenvalue weighted by molar-refractivity contribution is 7.99. The summed E-state index contributed by atoms with van der Waals surface area (Å²) in [6.45, 7) is 4.78. The lowest BCUT2D eigenvalue weighted by Crippen LogP contribution is -2.51. The van der Waals surface area contributed by atoms with Crippen LogP contribution in [0.1, 0.15) is 30.5 Å². The summed E-state index contributed by atoms with van der Waals surface area (Å²) in [4.78, 5) is 28.8. The summed E-state index contributed by atoms with van der Waals surface area (Å²) in [5, 5.41) is 4.66. The van der Waals surface area contributed by atoms with Crippen LogP contribution in [0.4, 0.5) is 0 Å². The number of rotatable bonds is 12. The normalized spacial score (nSPS) is 11.8. The molecule has 0 aliphatic rings. The van der Waals surface area contributed by atoms with E-state index in [1.807, 2.05) is 68.4 Å². The third kappa shape index (κ3) is 9.26. The summed E-state index contributed by atoms with van der Waals surface area (Å²) in [5.41, 5.74) is 2.66. The highest BCUT2D eigenvalue weighted by atomic mass is 35.5. The zero-order chi connectivity index (χ0) is 26.8. The molecule has 0 aliphatic heterocycles. The zero-order valence-electron chi connectivity index (χ0n) is 20.9. The second-order valence-electron chi connectivity index (χ2n) is 9.19. The molecule has 0 unspecified atom stereocenters. The Kier molecular flexibility index (Phi) is 11.7. The molecule has 0 radical (unpaired) electrons. The van der Waals surface area contributed by atoms with Crippen LogP contribution in [0.5, 0.6) is 0 Å². The minimum absolute atomic E-state index is 0.149. The Morgan fingerprint density at radius 1 is 0.892 bits per heavy atom. The van der Waals surface area contributed by atoms with E-state index in [2.05, 4.69) is 5.32 Å². The van der Waals surface area contributed by atoms with Crippen LogP contribution in [0.2, 0.25) is 15.1 Å². The third-order valence-electron chi connectivity index (χ3n) is 5.75. The van der Waals surface area contributed by atoms with Crippen LogP contribution in [-0.2, 0) is 28.3 Å². The summed E-state index contributed by atoms with van der Waals surface area (Å²) >= 11 is 20.3. The van der Waals surface area contributed by atoms with Crippen molar-refractivity contribution in [3.8, 4) is 0 Å². The summed E-state index contributed by atoms with van der Waals surface area (Å²) in [6.07, 6.45) is 0.386. The van der Waals surface area contributed by atoms with E-state index in [9.17, 15) is 9.59 Å². The lowest BCUT2D eigenvalue weighted by atomic mass is 10.0. The number of hydrogen-bond acceptors (Lipinski definition) is 3. The molecule has 1 atom stereocenters. The number of nitrogens with zero attached hydrogens (tertiary/aromatic N) is 1. The Labute approximate surface area is 238 Å². The second kappa shape index (κ2) is 14.7. The molecule has 0 saturated carbocycles. The average molecular weight is 578 g/mol. The predicted molar refractivity (Wildman–Crippen MR) is 156 cm³/mol. The van der Waals surface area contributed by atoms with E-state index in [1.165, 1.54) is 11.8 Å². The van der Waals surface area contributed by atoms with Gasteiger partial charge in [0.2, 0.25) is 11.8 Å². The number of amides is 2. The molecule has 196 valence electrons. The maximum atomic E-state index is 13.7. The van der Waals surface area contributed by atoms with Crippen LogP contribution >= 0.6 is 46.6 Å². The number of carbonyl (C=O) groups excluding carboxylic acids is 2. The number of halogens is 3. The minimum atomic E-state index is -0.707. The molecule has 1 N–H and O–H groups in total. The summed E-state index contributed by atoms with van der Waals surface area (Å²) in [6, 6.07) is 21.8. The quantitative estimate of drug-likeness (QED) is 0.246. The van der Waals surface area contributed by atoms with Gasteiger partial charge in [-0.15, -0.1) is 11.8 Å². The van der Waals surface area contributed by atoms with Crippen molar-refractivity contribution >= 4 is 58.4 Å². The van der Waals surface area contributed by atoms with Gasteiger partial charge in [-0.25, -0.2) is 0 Å². The first-order valence-corrected chi connectivity index (χ1v) is 14.4. The molecular weight excluding hydrogens is 547 g/mol. The third-order valence-corrected chi connectivity index (χ3v) is 7.67. The number of carbonyl (C=O) groups is 2. The van der Waals surface area contributed by atoms with Gasteiger partial charge in [0.1, 0.15) is 6.04 Å². The van der Waals surface area contributed by atoms with E-state index >= 15 is 0 Å². The van der Waals surface area contributed by atoms with E-state index in [0.29, 0.717) is 33.8 Å². The second-order valence-corrected chi connectivity index (χ2v) is 11.4. The lowest BCUT2D eigenvalue weighted by molar-refractivity contribution is -0.139. The highest BCUT2D eigenvalue weighted by Gasteiger charge is 2.30. The number of hydrogen-bond donors (Lipinski definition) is 1. The van der Waals surface area contributed by atoms with Crippen molar-refractivity contribution in [3.63, 3.8) is 0 Å². The maximum absolute atomic E-state index is 13.7. The van der Waals surface area contributed by atoms with E-state index in [4.69, 9.17) is 34.8 Å². The van der Waals surface area contributed by atoms with Gasteiger partial charge in [-0.2, -0.15) is 0 Å². The Hall–Kier alpha value is -2.18. The topological polar surface area (TPSA) is 49.4 Å². The van der Waals surface area contributed by atoms with Gasteiger partial charge in [0.15, 0.2) is 0 Å². The van der Waals surface area contributed by atoms with Crippen molar-refractivity contribution in [3.05, 3.63) is 105 Å². The van der Waals surface area contributed by atoms with Gasteiger partial charge in [0, 0.05) is 40.3 Å². The summed E-state index contributed by atoms with van der Waals surface area (Å²) in [7, 11) is 0. The van der Waals surface area contributed by atoms with Crippen LogP contribution in [-0.4, -0.2) is 35.1 Å². The highest BCUT2D eigenvalue weighted by Crippen LogP contribution is 2.26. The first-order valence-electron chi connectivity index (χ1n) is 12.1. The molecule has 0 bridgehead atoms. The van der Waals surface area contributed by atoms with Gasteiger partial charge in [-0.05, 0) is 40.8 Å². The van der Waals surface area contributed by atoms with Crippen LogP contribution in [0, 0.1) is 5.92 Å². The van der Waals surface area contributed by atoms with Crippen molar-refractivity contribution in [2.75, 3.05) is 12.3 Å². The van der Waals surface area contributed by atoms with Crippen molar-refractivity contribution in [2.24, 2.45) is 5.92 Å². The molecule has 0 spiro atoms. The van der Waals surface area contributed by atoms with Gasteiger partial charge in [0.25, 0.3) is 0 Å². The van der Waals surface area contributed by atoms with Crippen LogP contribution in [0.25, 0.3) is 0 Å². The Morgan fingerprint density at radius 3 is 2.27 bits per heavy atom. The lowest BCUT2D eigenvalue weighted by Gasteiger charge is -2.32. The summed E-state index contributed by atoms with van der Waals surface area (Å²) in [5.74, 6) is 0.724. The summed E-state index contributed by atoms with van der Waals surface area (Å²) < 4.78 is 0. The van der Waals surface area contributed by atoms with Gasteiger partial charge in [0.05, 0.1) is 5.75 Å². The maximum Gasteiger partial charge on any atom is 0.243 e. The fourth-order valence-corrected chi connectivity index (χ4v) is 5.42. The Balaban J connectivity index is 1.88. The number of thioether (sulfide) groups is 1. The van der Waals surface area contributed by atoms with E-state index in [0.717, 1.165) is 16.7 Å². The molecule has 4 nitrogen and oxygen atoms in total. The van der Waals surface area contributed by atoms with E-state index in [-0.39, 0.29) is 30.0 Å². The van der Waals surface area contributed by atoms with Crippen molar-refractivity contribution < 1.29 is 9.59 Å². The van der Waals surface area contributed by atoms with Crippen LogP contribution < -0.4 is 5.32 Å². The van der Waals surface area contributed by atoms with Crippen molar-refractivity contribution in [1.82, 2.24) is 10.2 Å². The van der Waals surface area contributed by atoms with Gasteiger partial charge in [-0.1, -0.05) is 103 Å². The monoisotopic (exact) mass is 576 g/mol. The van der Waals surface area contributed by atoms with Gasteiger partial charge < -0.3 is 10.2 Å². The van der Waals surface area contributed by atoms with E-state index < -0.39 is 6.04 Å². The van der Waals surface area contributed by atoms with Gasteiger partial charge in [-0.3, -0.25) is 9.59 Å². The number of benzene rings is 3. The predicted octanol–water partition coefficient (Wildman–Crippen LogP) is 7.29. The van der Waals surface area contributed by atoms with Gasteiger partial charge >= 0.3 is 0 Å². The first-order chi connectivity index (χ1) is 17.7. The largest absolute Gasteiger partial charge is 0.354 e. The molecule has 0 fully saturated rings. The van der Waals surface area contributed by atoms with Crippen LogP contribution in [0.3, 0.4) is 0 Å². The fraction of sp³-hybridized carbons (Fsp3) is 0.310. The minimum Gasteiger partial charge on any atom is -0.354 e. The Morgan fingerprint density at radius 2 is 1.59 bits per heavy atom. The molecular formula is C29H31Cl3N2O2S. The molecule has 0 heterocycles. The first kappa shape index (κ1) is 29.4. The molecule has 37 heavy (non-hydrogen) atoms. The Bertz CT molecular complexity index is 1190. The smallest absolute Gasteiger partial charge is 0.243 e. The molecule has 3 aromatic rings. The molecule has 0 aromatic heterocycles. The SMILES string of the molecule is CC(C)CNC(=O)[C@H](Cc1ccccc1)N(Cc1ccc(Cl)cc1Cl)C(=O)CSCc1ccccc1Cl. The average Bonchev–Trinajstić information content (AvgIpc) is 2.87. The molecule has 2 amide bonds. The van der Waals surface area contributed by atoms with Crippen molar-refractivity contribution in [2.45, 2.75) is 38.6 Å². The van der Waals surface area contributed by atoms with Crippen molar-refractivity contribution in [1.29, 1.82) is 0 Å². The molecule has 0 aliphatic carbocycles. The fourth-order valence-electron chi connectivity index (χ4n) is 3.76.